The summed E-state index contributed by atoms with van der Waals surface area (Å²) in [6.07, 6.45) is 3.08. The Labute approximate surface area is 180 Å². The van der Waals surface area contributed by atoms with Gasteiger partial charge in [0, 0.05) is 25.2 Å². The lowest BCUT2D eigenvalue weighted by Crippen LogP contribution is -2.37. The van der Waals surface area contributed by atoms with E-state index in [1.165, 1.54) is 0 Å². The topological polar surface area (TPSA) is 53.5 Å². The van der Waals surface area contributed by atoms with Crippen molar-refractivity contribution in [3.05, 3.63) is 59.1 Å². The van der Waals surface area contributed by atoms with E-state index in [0.717, 1.165) is 52.3 Å². The number of benzene rings is 2. The second-order valence-electron chi connectivity index (χ2n) is 8.10. The summed E-state index contributed by atoms with van der Waals surface area (Å²) in [6, 6.07) is 16.2. The second kappa shape index (κ2) is 7.84. The summed E-state index contributed by atoms with van der Waals surface area (Å²) in [7, 11) is 0. The van der Waals surface area contributed by atoms with Gasteiger partial charge in [-0.15, -0.1) is 11.3 Å². The quantitative estimate of drug-likeness (QED) is 0.622. The van der Waals surface area contributed by atoms with Gasteiger partial charge >= 0.3 is 0 Å². The Hall–Kier alpha value is -2.73. The molecule has 5 nitrogen and oxygen atoms in total. The number of carbonyl (C=O) groups is 2. The molecule has 0 bridgehead atoms. The standard InChI is InChI=1S/C24H25N3O2S/c1-2-16-8-3-5-10-19(16)27-15-17(14-22(27)28)24(29)26-13-7-11-20(26)23-25-18-9-4-6-12-21(18)30-23/h3-6,8-10,12,17,20H,2,7,11,13-15H2,1H3. The summed E-state index contributed by atoms with van der Waals surface area (Å²) >= 11 is 1.68. The minimum atomic E-state index is -0.280. The first kappa shape index (κ1) is 19.2. The molecule has 0 spiro atoms. The third-order valence-corrected chi connectivity index (χ3v) is 7.41. The van der Waals surface area contributed by atoms with Crippen molar-refractivity contribution in [2.24, 2.45) is 5.92 Å². The molecule has 30 heavy (non-hydrogen) atoms. The van der Waals surface area contributed by atoms with Gasteiger partial charge in [0.25, 0.3) is 0 Å². The number of hydrogen-bond donors (Lipinski definition) is 0. The lowest BCUT2D eigenvalue weighted by atomic mass is 10.1. The third-order valence-electron chi connectivity index (χ3n) is 6.27. The molecule has 2 aliphatic rings. The van der Waals surface area contributed by atoms with Gasteiger partial charge in [0.2, 0.25) is 11.8 Å². The number of aromatic nitrogens is 1. The highest BCUT2D eigenvalue weighted by Crippen LogP contribution is 2.38. The predicted octanol–water partition coefficient (Wildman–Crippen LogP) is 4.58. The molecular formula is C24H25N3O2S. The molecule has 2 unspecified atom stereocenters. The summed E-state index contributed by atoms with van der Waals surface area (Å²) < 4.78 is 1.16. The van der Waals surface area contributed by atoms with E-state index in [1.807, 2.05) is 46.2 Å². The van der Waals surface area contributed by atoms with Gasteiger partial charge in [0.05, 0.1) is 22.2 Å². The zero-order valence-corrected chi connectivity index (χ0v) is 17.9. The van der Waals surface area contributed by atoms with Gasteiger partial charge in [0.1, 0.15) is 5.01 Å². The van der Waals surface area contributed by atoms with Crippen molar-refractivity contribution >= 4 is 39.1 Å². The number of para-hydroxylation sites is 2. The Morgan fingerprint density at radius 1 is 1.17 bits per heavy atom. The number of thiazole rings is 1. The summed E-state index contributed by atoms with van der Waals surface area (Å²) in [5.74, 6) is -0.135. The highest BCUT2D eigenvalue weighted by Gasteiger charge is 2.41. The van der Waals surface area contributed by atoms with Crippen LogP contribution in [0, 0.1) is 5.92 Å². The van der Waals surface area contributed by atoms with Crippen LogP contribution in [0.4, 0.5) is 5.69 Å². The van der Waals surface area contributed by atoms with E-state index in [0.29, 0.717) is 13.0 Å². The van der Waals surface area contributed by atoms with Crippen LogP contribution < -0.4 is 4.90 Å². The molecule has 3 aromatic rings. The number of anilines is 1. The van der Waals surface area contributed by atoms with Crippen LogP contribution in [0.5, 0.6) is 0 Å². The maximum atomic E-state index is 13.4. The molecular weight excluding hydrogens is 394 g/mol. The van der Waals surface area contributed by atoms with Crippen molar-refractivity contribution in [3.8, 4) is 0 Å². The second-order valence-corrected chi connectivity index (χ2v) is 9.16. The molecule has 2 fully saturated rings. The van der Waals surface area contributed by atoms with Crippen LogP contribution in [-0.4, -0.2) is 34.8 Å². The largest absolute Gasteiger partial charge is 0.333 e. The van der Waals surface area contributed by atoms with Gasteiger partial charge in [-0.25, -0.2) is 4.98 Å². The number of hydrogen-bond acceptors (Lipinski definition) is 4. The van der Waals surface area contributed by atoms with Crippen LogP contribution in [0.15, 0.2) is 48.5 Å². The Morgan fingerprint density at radius 3 is 2.80 bits per heavy atom. The van der Waals surface area contributed by atoms with Crippen LogP contribution in [0.25, 0.3) is 10.2 Å². The molecule has 1 aromatic heterocycles. The highest BCUT2D eigenvalue weighted by molar-refractivity contribution is 7.18. The molecule has 5 rings (SSSR count). The minimum Gasteiger partial charge on any atom is -0.333 e. The zero-order chi connectivity index (χ0) is 20.7. The van der Waals surface area contributed by atoms with Gasteiger partial charge in [-0.1, -0.05) is 37.3 Å². The fraction of sp³-hybridized carbons (Fsp3) is 0.375. The number of aryl methyl sites for hydroxylation is 1. The van der Waals surface area contributed by atoms with E-state index in [-0.39, 0.29) is 23.8 Å². The Bertz CT molecular complexity index is 1080. The molecule has 0 radical (unpaired) electrons. The van der Waals surface area contributed by atoms with Crippen LogP contribution in [-0.2, 0) is 16.0 Å². The van der Waals surface area contributed by atoms with Crippen LogP contribution in [0.3, 0.4) is 0 Å². The van der Waals surface area contributed by atoms with Crippen LogP contribution >= 0.6 is 11.3 Å². The van der Waals surface area contributed by atoms with Crippen LogP contribution in [0.2, 0.25) is 0 Å². The third kappa shape index (κ3) is 3.29. The first-order valence-corrected chi connectivity index (χ1v) is 11.5. The number of amides is 2. The maximum absolute atomic E-state index is 13.4. The van der Waals surface area contributed by atoms with Crippen LogP contribution in [0.1, 0.15) is 42.8 Å². The molecule has 2 aliphatic heterocycles. The van der Waals surface area contributed by atoms with Gasteiger partial charge in [-0.2, -0.15) is 0 Å². The average Bonchev–Trinajstić information content (AvgIpc) is 3.50. The SMILES string of the molecule is CCc1ccccc1N1CC(C(=O)N2CCCC2c2nc3ccccc3s2)CC1=O. The molecule has 2 amide bonds. The Balaban J connectivity index is 1.37. The van der Waals surface area contributed by atoms with Gasteiger partial charge in [-0.3, -0.25) is 9.59 Å². The number of likely N-dealkylation sites (tertiary alicyclic amines) is 1. The summed E-state index contributed by atoms with van der Waals surface area (Å²) in [6.45, 7) is 3.31. The number of fused-ring (bicyclic) bond motifs is 1. The van der Waals surface area contributed by atoms with Crippen molar-refractivity contribution < 1.29 is 9.59 Å². The fourth-order valence-corrected chi connectivity index (χ4v) is 5.85. The van der Waals surface area contributed by atoms with E-state index in [2.05, 4.69) is 19.1 Å². The molecule has 0 saturated carbocycles. The molecule has 0 N–H and O–H groups in total. The Kier molecular flexibility index (Phi) is 5.03. The molecule has 2 aromatic carbocycles. The van der Waals surface area contributed by atoms with Crippen molar-refractivity contribution in [2.45, 2.75) is 38.6 Å². The molecule has 2 atom stereocenters. The fourth-order valence-electron chi connectivity index (χ4n) is 4.73. The number of rotatable bonds is 4. The van der Waals surface area contributed by atoms with Gasteiger partial charge in [0.15, 0.2) is 0 Å². The smallest absolute Gasteiger partial charge is 0.228 e. The molecule has 6 heteroatoms. The van der Waals surface area contributed by atoms with E-state index in [4.69, 9.17) is 4.98 Å². The lowest BCUT2D eigenvalue weighted by molar-refractivity contribution is -0.136. The monoisotopic (exact) mass is 419 g/mol. The zero-order valence-electron chi connectivity index (χ0n) is 17.1. The molecule has 154 valence electrons. The maximum Gasteiger partial charge on any atom is 0.228 e. The van der Waals surface area contributed by atoms with E-state index in [1.54, 1.807) is 11.3 Å². The minimum absolute atomic E-state index is 0.0296. The number of nitrogens with zero attached hydrogens (tertiary/aromatic N) is 3. The molecule has 3 heterocycles. The summed E-state index contributed by atoms with van der Waals surface area (Å²) in [4.78, 5) is 34.8. The first-order valence-electron chi connectivity index (χ1n) is 10.7. The van der Waals surface area contributed by atoms with Crippen molar-refractivity contribution in [1.82, 2.24) is 9.88 Å². The van der Waals surface area contributed by atoms with E-state index in [9.17, 15) is 9.59 Å². The van der Waals surface area contributed by atoms with E-state index >= 15 is 0 Å². The van der Waals surface area contributed by atoms with Gasteiger partial charge < -0.3 is 9.80 Å². The molecule has 0 aliphatic carbocycles. The van der Waals surface area contributed by atoms with Crippen molar-refractivity contribution in [3.63, 3.8) is 0 Å². The Morgan fingerprint density at radius 2 is 1.97 bits per heavy atom. The predicted molar refractivity (Wildman–Crippen MR) is 120 cm³/mol. The number of carbonyl (C=O) groups excluding carboxylic acids is 2. The average molecular weight is 420 g/mol. The van der Waals surface area contributed by atoms with Crippen molar-refractivity contribution in [2.75, 3.05) is 18.0 Å². The van der Waals surface area contributed by atoms with E-state index < -0.39 is 0 Å². The summed E-state index contributed by atoms with van der Waals surface area (Å²) in [5.41, 5.74) is 3.09. The van der Waals surface area contributed by atoms with Gasteiger partial charge in [-0.05, 0) is 43.0 Å². The normalized spacial score (nSPS) is 21.7. The molecule has 2 saturated heterocycles. The lowest BCUT2D eigenvalue weighted by Gasteiger charge is -2.26. The van der Waals surface area contributed by atoms with Crippen molar-refractivity contribution in [1.29, 1.82) is 0 Å². The summed E-state index contributed by atoms with van der Waals surface area (Å²) in [5, 5.41) is 1.01. The first-order chi connectivity index (χ1) is 14.7. The highest BCUT2D eigenvalue weighted by atomic mass is 32.1.